The predicted octanol–water partition coefficient (Wildman–Crippen LogP) is 3.24. The van der Waals surface area contributed by atoms with Gasteiger partial charge < -0.3 is 0 Å². The van der Waals surface area contributed by atoms with Crippen molar-refractivity contribution >= 4 is 5.78 Å². The summed E-state index contributed by atoms with van der Waals surface area (Å²) in [6.45, 7) is 1.76. The topological polar surface area (TPSA) is 40.9 Å². The molecule has 88 valence electrons. The number of carbonyl (C=O) groups is 1. The summed E-state index contributed by atoms with van der Waals surface area (Å²) in [6.07, 6.45) is 0. The van der Waals surface area contributed by atoms with Crippen LogP contribution in [0.2, 0.25) is 0 Å². The Hall–Kier alpha value is -2.47. The molecule has 0 aliphatic heterocycles. The first-order valence-electron chi connectivity index (χ1n) is 5.43. The van der Waals surface area contributed by atoms with Gasteiger partial charge in [-0.15, -0.1) is 0 Å². The molecule has 18 heavy (non-hydrogen) atoms. The second-order valence-electron chi connectivity index (χ2n) is 3.98. The number of rotatable bonds is 2. The molecular formula is C15H10FNO. The average molecular weight is 239 g/mol. The number of aryl methyl sites for hydroxylation is 1. The van der Waals surface area contributed by atoms with E-state index in [9.17, 15) is 9.18 Å². The van der Waals surface area contributed by atoms with Gasteiger partial charge >= 0.3 is 0 Å². The molecule has 0 amide bonds. The third-order valence-corrected chi connectivity index (χ3v) is 2.72. The zero-order valence-corrected chi connectivity index (χ0v) is 9.77. The van der Waals surface area contributed by atoms with Crippen LogP contribution in [-0.4, -0.2) is 5.78 Å². The van der Waals surface area contributed by atoms with E-state index in [1.54, 1.807) is 37.3 Å². The Morgan fingerprint density at radius 3 is 2.44 bits per heavy atom. The quantitative estimate of drug-likeness (QED) is 0.755. The highest BCUT2D eigenvalue weighted by atomic mass is 19.1. The molecule has 2 rings (SSSR count). The molecule has 0 aromatic heterocycles. The van der Waals surface area contributed by atoms with Gasteiger partial charge in [-0.25, -0.2) is 4.39 Å². The van der Waals surface area contributed by atoms with Crippen LogP contribution in [0, 0.1) is 24.1 Å². The van der Waals surface area contributed by atoms with E-state index in [1.165, 1.54) is 12.1 Å². The zero-order chi connectivity index (χ0) is 13.1. The highest BCUT2D eigenvalue weighted by Crippen LogP contribution is 2.16. The highest BCUT2D eigenvalue weighted by molar-refractivity contribution is 6.09. The summed E-state index contributed by atoms with van der Waals surface area (Å²) in [6, 6.07) is 12.4. The molecule has 0 unspecified atom stereocenters. The van der Waals surface area contributed by atoms with Crippen molar-refractivity contribution < 1.29 is 9.18 Å². The maximum absolute atomic E-state index is 13.1. The Bertz CT molecular complexity index is 639. The van der Waals surface area contributed by atoms with Crippen LogP contribution in [0.1, 0.15) is 27.0 Å². The maximum atomic E-state index is 13.1. The lowest BCUT2D eigenvalue weighted by Crippen LogP contribution is -2.04. The van der Waals surface area contributed by atoms with Crippen molar-refractivity contribution in [3.05, 3.63) is 70.5 Å². The first kappa shape index (κ1) is 12.0. The standard InChI is InChI=1S/C15H10FNO/c1-10-2-7-13(16)8-14(10)15(18)12-5-3-11(9-17)4-6-12/h2-8H,1H3. The Morgan fingerprint density at radius 2 is 1.83 bits per heavy atom. The lowest BCUT2D eigenvalue weighted by molar-refractivity contribution is 0.103. The first-order chi connectivity index (χ1) is 8.61. The lowest BCUT2D eigenvalue weighted by atomic mass is 9.98. The van der Waals surface area contributed by atoms with Crippen molar-refractivity contribution in [2.45, 2.75) is 6.92 Å². The number of hydrogen-bond acceptors (Lipinski definition) is 2. The second-order valence-corrected chi connectivity index (χ2v) is 3.98. The third-order valence-electron chi connectivity index (χ3n) is 2.72. The van der Waals surface area contributed by atoms with Gasteiger partial charge in [0.2, 0.25) is 0 Å². The van der Waals surface area contributed by atoms with E-state index in [2.05, 4.69) is 0 Å². The first-order valence-corrected chi connectivity index (χ1v) is 5.43. The second kappa shape index (κ2) is 4.80. The molecule has 0 bridgehead atoms. The summed E-state index contributed by atoms with van der Waals surface area (Å²) in [5.74, 6) is -0.672. The van der Waals surface area contributed by atoms with Gasteiger partial charge in [0.25, 0.3) is 0 Å². The predicted molar refractivity (Wildman–Crippen MR) is 65.7 cm³/mol. The van der Waals surface area contributed by atoms with Crippen molar-refractivity contribution in [1.82, 2.24) is 0 Å². The fourth-order valence-corrected chi connectivity index (χ4v) is 1.69. The van der Waals surface area contributed by atoms with Crippen LogP contribution in [0.25, 0.3) is 0 Å². The van der Waals surface area contributed by atoms with Crippen molar-refractivity contribution in [2.24, 2.45) is 0 Å². The molecule has 3 heteroatoms. The summed E-state index contributed by atoms with van der Waals surface area (Å²) in [7, 11) is 0. The van der Waals surface area contributed by atoms with Crippen molar-refractivity contribution in [1.29, 1.82) is 5.26 Å². The highest BCUT2D eigenvalue weighted by Gasteiger charge is 2.12. The Morgan fingerprint density at radius 1 is 1.17 bits per heavy atom. The Labute approximate surface area is 104 Å². The van der Waals surface area contributed by atoms with E-state index in [1.807, 2.05) is 6.07 Å². The van der Waals surface area contributed by atoms with Crippen LogP contribution in [0.15, 0.2) is 42.5 Å². The number of hydrogen-bond donors (Lipinski definition) is 0. The molecule has 0 aliphatic carbocycles. The number of benzene rings is 2. The summed E-state index contributed by atoms with van der Waals surface area (Å²) < 4.78 is 13.1. The van der Waals surface area contributed by atoms with Crippen LogP contribution in [0.5, 0.6) is 0 Å². The van der Waals surface area contributed by atoms with Crippen LogP contribution in [0.4, 0.5) is 4.39 Å². The van der Waals surface area contributed by atoms with E-state index in [0.717, 1.165) is 5.56 Å². The van der Waals surface area contributed by atoms with Gasteiger partial charge in [0.15, 0.2) is 5.78 Å². The molecule has 0 atom stereocenters. The van der Waals surface area contributed by atoms with Crippen LogP contribution < -0.4 is 0 Å². The molecule has 0 heterocycles. The fraction of sp³-hybridized carbons (Fsp3) is 0.0667. The number of ketones is 1. The molecule has 0 spiro atoms. The minimum atomic E-state index is -0.433. The number of halogens is 1. The van der Waals surface area contributed by atoms with Crippen molar-refractivity contribution in [3.63, 3.8) is 0 Å². The summed E-state index contributed by atoms with van der Waals surface area (Å²) >= 11 is 0. The molecule has 0 fully saturated rings. The molecule has 0 aliphatic rings. The number of nitrogens with zero attached hydrogens (tertiary/aromatic N) is 1. The van der Waals surface area contributed by atoms with Gasteiger partial charge in [-0.05, 0) is 48.9 Å². The largest absolute Gasteiger partial charge is 0.289 e. The van der Waals surface area contributed by atoms with Gasteiger partial charge in [-0.3, -0.25) is 4.79 Å². The summed E-state index contributed by atoms with van der Waals surface area (Å²) in [5.41, 5.74) is 2.01. The average Bonchev–Trinajstić information content (AvgIpc) is 2.41. The van der Waals surface area contributed by atoms with Crippen molar-refractivity contribution in [3.8, 4) is 6.07 Å². The molecule has 0 N–H and O–H groups in total. The van der Waals surface area contributed by atoms with Gasteiger partial charge in [0.1, 0.15) is 5.82 Å². The van der Waals surface area contributed by atoms with Crippen LogP contribution >= 0.6 is 0 Å². The maximum Gasteiger partial charge on any atom is 0.193 e. The minimum Gasteiger partial charge on any atom is -0.289 e. The van der Waals surface area contributed by atoms with Gasteiger partial charge in [-0.1, -0.05) is 6.07 Å². The van der Waals surface area contributed by atoms with Gasteiger partial charge in [-0.2, -0.15) is 5.26 Å². The Kier molecular flexibility index (Phi) is 3.20. The van der Waals surface area contributed by atoms with Crippen LogP contribution in [0.3, 0.4) is 0 Å². The molecule has 0 radical (unpaired) electrons. The van der Waals surface area contributed by atoms with Gasteiger partial charge in [0.05, 0.1) is 11.6 Å². The molecule has 2 aromatic rings. The Balaban J connectivity index is 2.41. The smallest absolute Gasteiger partial charge is 0.193 e. The zero-order valence-electron chi connectivity index (χ0n) is 9.77. The molecule has 2 nitrogen and oxygen atoms in total. The van der Waals surface area contributed by atoms with E-state index in [-0.39, 0.29) is 5.78 Å². The summed E-state index contributed by atoms with van der Waals surface area (Å²) in [5, 5.41) is 8.68. The molecular weight excluding hydrogens is 229 g/mol. The normalized spacial score (nSPS) is 9.83. The molecule has 2 aromatic carbocycles. The lowest BCUT2D eigenvalue weighted by Gasteiger charge is -2.05. The third kappa shape index (κ3) is 2.28. The monoisotopic (exact) mass is 239 g/mol. The number of nitriles is 1. The molecule has 0 saturated heterocycles. The van der Waals surface area contributed by atoms with E-state index >= 15 is 0 Å². The number of carbonyl (C=O) groups excluding carboxylic acids is 1. The van der Waals surface area contributed by atoms with Crippen molar-refractivity contribution in [2.75, 3.05) is 0 Å². The van der Waals surface area contributed by atoms with Crippen LogP contribution in [-0.2, 0) is 0 Å². The van der Waals surface area contributed by atoms with E-state index < -0.39 is 5.82 Å². The van der Waals surface area contributed by atoms with E-state index in [4.69, 9.17) is 5.26 Å². The van der Waals surface area contributed by atoms with E-state index in [0.29, 0.717) is 16.7 Å². The SMILES string of the molecule is Cc1ccc(F)cc1C(=O)c1ccc(C#N)cc1. The minimum absolute atomic E-state index is 0.239. The fourth-order valence-electron chi connectivity index (χ4n) is 1.69. The summed E-state index contributed by atoms with van der Waals surface area (Å²) in [4.78, 5) is 12.2. The molecule has 0 saturated carbocycles. The van der Waals surface area contributed by atoms with Gasteiger partial charge in [0, 0.05) is 11.1 Å².